The molecule has 1 aliphatic rings. The first-order chi connectivity index (χ1) is 15.7. The van der Waals surface area contributed by atoms with Crippen LogP contribution in [0.25, 0.3) is 16.9 Å². The molecule has 0 aliphatic carbocycles. The predicted octanol–water partition coefficient (Wildman–Crippen LogP) is 3.07. The number of fused-ring (bicyclic) bond motifs is 1. The fourth-order valence-electron chi connectivity index (χ4n) is 3.82. The van der Waals surface area contributed by atoms with Crippen molar-refractivity contribution in [2.75, 3.05) is 31.6 Å². The number of nitrogens with two attached hydrogens (primary N) is 1. The lowest BCUT2D eigenvalue weighted by atomic mass is 10.1. The molecule has 1 amide bonds. The summed E-state index contributed by atoms with van der Waals surface area (Å²) >= 11 is 0. The van der Waals surface area contributed by atoms with Gasteiger partial charge in [-0.25, -0.2) is 4.52 Å². The normalized spacial score (nSPS) is 14.5. The van der Waals surface area contributed by atoms with Crippen LogP contribution in [0, 0.1) is 0 Å². The number of hydrogen-bond donors (Lipinski definition) is 2. The van der Waals surface area contributed by atoms with Crippen molar-refractivity contribution in [3.05, 3.63) is 77.9 Å². The maximum absolute atomic E-state index is 11.2. The number of rotatable bonds is 6. The number of primary amides is 1. The van der Waals surface area contributed by atoms with E-state index in [4.69, 9.17) is 10.5 Å². The highest BCUT2D eigenvalue weighted by molar-refractivity contribution is 5.93. The van der Waals surface area contributed by atoms with E-state index in [0.29, 0.717) is 11.5 Å². The van der Waals surface area contributed by atoms with E-state index < -0.39 is 5.91 Å². The van der Waals surface area contributed by atoms with Gasteiger partial charge in [-0.15, -0.1) is 5.10 Å². The molecule has 5 rings (SSSR count). The van der Waals surface area contributed by atoms with Gasteiger partial charge in [-0.05, 0) is 42.0 Å². The Kier molecular flexibility index (Phi) is 5.53. The highest BCUT2D eigenvalue weighted by Gasteiger charge is 2.12. The molecule has 0 bridgehead atoms. The number of nitrogens with one attached hydrogen (secondary N) is 1. The van der Waals surface area contributed by atoms with Crippen molar-refractivity contribution in [3.63, 3.8) is 0 Å². The molecule has 0 radical (unpaired) electrons. The molecule has 162 valence electrons. The van der Waals surface area contributed by atoms with Crippen molar-refractivity contribution >= 4 is 23.2 Å². The minimum Gasteiger partial charge on any atom is -0.379 e. The van der Waals surface area contributed by atoms with Gasteiger partial charge in [0.15, 0.2) is 5.65 Å². The molecule has 32 heavy (non-hydrogen) atoms. The lowest BCUT2D eigenvalue weighted by Gasteiger charge is -2.26. The highest BCUT2D eigenvalue weighted by Crippen LogP contribution is 2.23. The number of hydrogen-bond acceptors (Lipinski definition) is 6. The fourth-order valence-corrected chi connectivity index (χ4v) is 3.82. The van der Waals surface area contributed by atoms with Crippen LogP contribution in [0.3, 0.4) is 0 Å². The van der Waals surface area contributed by atoms with Gasteiger partial charge in [0.2, 0.25) is 11.9 Å². The quantitative estimate of drug-likeness (QED) is 0.490. The topological polar surface area (TPSA) is 97.8 Å². The Morgan fingerprint density at radius 1 is 1.00 bits per heavy atom. The van der Waals surface area contributed by atoms with Crippen LogP contribution >= 0.6 is 0 Å². The molecular formula is C24H24N6O2. The number of aromatic nitrogens is 3. The number of anilines is 2. The molecule has 8 heteroatoms. The number of carbonyl (C=O) groups is 1. The Balaban J connectivity index is 1.36. The Morgan fingerprint density at radius 3 is 2.47 bits per heavy atom. The molecule has 1 aliphatic heterocycles. The van der Waals surface area contributed by atoms with Gasteiger partial charge in [0, 0.05) is 36.4 Å². The van der Waals surface area contributed by atoms with Crippen LogP contribution in [-0.2, 0) is 11.3 Å². The van der Waals surface area contributed by atoms with Gasteiger partial charge in [-0.2, -0.15) is 4.98 Å². The highest BCUT2D eigenvalue weighted by atomic mass is 16.5. The number of nitrogens with zero attached hydrogens (tertiary/aromatic N) is 4. The molecule has 3 N–H and O–H groups in total. The molecule has 0 spiro atoms. The molecule has 2 aromatic carbocycles. The number of amides is 1. The summed E-state index contributed by atoms with van der Waals surface area (Å²) in [6, 6.07) is 21.4. The number of benzene rings is 2. The van der Waals surface area contributed by atoms with Crippen LogP contribution in [0.1, 0.15) is 15.9 Å². The van der Waals surface area contributed by atoms with Crippen LogP contribution < -0.4 is 11.1 Å². The summed E-state index contributed by atoms with van der Waals surface area (Å²) in [7, 11) is 0. The van der Waals surface area contributed by atoms with E-state index in [1.54, 1.807) is 24.3 Å². The average molecular weight is 428 g/mol. The maximum Gasteiger partial charge on any atom is 0.248 e. The van der Waals surface area contributed by atoms with Crippen LogP contribution in [0.5, 0.6) is 0 Å². The molecular weight excluding hydrogens is 404 g/mol. The number of morpholine rings is 1. The fraction of sp³-hybridized carbons (Fsp3) is 0.208. The first-order valence-electron chi connectivity index (χ1n) is 10.6. The number of ether oxygens (including phenoxy) is 1. The standard InChI is InChI=1S/C24H24N6O2/c25-23(31)19-8-10-20(11-9-19)26-24-27-22-3-1-2-21(30(22)28-24)18-6-4-17(5-7-18)16-29-12-14-32-15-13-29/h1-11H,12-16H2,(H2,25,31)(H,26,28). The summed E-state index contributed by atoms with van der Waals surface area (Å²) in [6.45, 7) is 4.48. The van der Waals surface area contributed by atoms with Gasteiger partial charge in [-0.3, -0.25) is 9.69 Å². The number of carbonyl (C=O) groups excluding carboxylic acids is 1. The minimum absolute atomic E-state index is 0.456. The van der Waals surface area contributed by atoms with E-state index in [2.05, 4.69) is 44.6 Å². The average Bonchev–Trinajstić information content (AvgIpc) is 3.23. The van der Waals surface area contributed by atoms with Crippen molar-refractivity contribution in [2.24, 2.45) is 5.73 Å². The van der Waals surface area contributed by atoms with E-state index in [9.17, 15) is 4.79 Å². The van der Waals surface area contributed by atoms with Crippen molar-refractivity contribution in [1.82, 2.24) is 19.5 Å². The predicted molar refractivity (Wildman–Crippen MR) is 123 cm³/mol. The Labute approximate surface area is 185 Å². The summed E-state index contributed by atoms with van der Waals surface area (Å²) in [5.74, 6) is 0.0243. The zero-order chi connectivity index (χ0) is 21.9. The molecule has 1 fully saturated rings. The lowest BCUT2D eigenvalue weighted by molar-refractivity contribution is 0.0342. The largest absolute Gasteiger partial charge is 0.379 e. The number of pyridine rings is 1. The minimum atomic E-state index is -0.456. The molecule has 1 saturated heterocycles. The van der Waals surface area contributed by atoms with Crippen molar-refractivity contribution in [3.8, 4) is 11.3 Å². The van der Waals surface area contributed by atoms with Gasteiger partial charge in [0.25, 0.3) is 0 Å². The van der Waals surface area contributed by atoms with Gasteiger partial charge in [-0.1, -0.05) is 30.3 Å². The van der Waals surface area contributed by atoms with E-state index in [-0.39, 0.29) is 0 Å². The first-order valence-corrected chi connectivity index (χ1v) is 10.6. The summed E-state index contributed by atoms with van der Waals surface area (Å²) in [5.41, 5.74) is 10.6. The van der Waals surface area contributed by atoms with Crippen LogP contribution in [-0.4, -0.2) is 51.7 Å². The molecule has 0 saturated carbocycles. The van der Waals surface area contributed by atoms with Gasteiger partial charge in [0.1, 0.15) is 0 Å². The molecule has 0 unspecified atom stereocenters. The van der Waals surface area contributed by atoms with Gasteiger partial charge in [0.05, 0.1) is 18.9 Å². The van der Waals surface area contributed by atoms with E-state index in [1.165, 1.54) is 5.56 Å². The smallest absolute Gasteiger partial charge is 0.248 e. The molecule has 2 aromatic heterocycles. The van der Waals surface area contributed by atoms with Crippen LogP contribution in [0.4, 0.5) is 11.6 Å². The third-order valence-electron chi connectivity index (χ3n) is 5.54. The van der Waals surface area contributed by atoms with E-state index in [0.717, 1.165) is 55.4 Å². The Morgan fingerprint density at radius 2 is 1.75 bits per heavy atom. The maximum atomic E-state index is 11.2. The third-order valence-corrected chi connectivity index (χ3v) is 5.54. The van der Waals surface area contributed by atoms with Crippen LogP contribution in [0.2, 0.25) is 0 Å². The third kappa shape index (κ3) is 4.32. The lowest BCUT2D eigenvalue weighted by Crippen LogP contribution is -2.35. The molecule has 4 aromatic rings. The van der Waals surface area contributed by atoms with E-state index >= 15 is 0 Å². The second-order valence-electron chi connectivity index (χ2n) is 7.77. The van der Waals surface area contributed by atoms with Gasteiger partial charge >= 0.3 is 0 Å². The molecule has 0 atom stereocenters. The van der Waals surface area contributed by atoms with Crippen molar-refractivity contribution in [1.29, 1.82) is 0 Å². The Bertz CT molecular complexity index is 1230. The molecule has 8 nitrogen and oxygen atoms in total. The zero-order valence-corrected chi connectivity index (χ0v) is 17.6. The Hall–Kier alpha value is -3.75. The second kappa shape index (κ2) is 8.78. The van der Waals surface area contributed by atoms with Gasteiger partial charge < -0.3 is 15.8 Å². The second-order valence-corrected chi connectivity index (χ2v) is 7.77. The van der Waals surface area contributed by atoms with Crippen molar-refractivity contribution in [2.45, 2.75) is 6.54 Å². The van der Waals surface area contributed by atoms with Crippen molar-refractivity contribution < 1.29 is 9.53 Å². The summed E-state index contributed by atoms with van der Waals surface area (Å²) in [6.07, 6.45) is 0. The van der Waals surface area contributed by atoms with E-state index in [1.807, 2.05) is 22.7 Å². The molecule has 3 heterocycles. The van der Waals surface area contributed by atoms with Crippen LogP contribution in [0.15, 0.2) is 66.7 Å². The SMILES string of the molecule is NC(=O)c1ccc(Nc2nc3cccc(-c4ccc(CN5CCOCC5)cc4)n3n2)cc1. The summed E-state index contributed by atoms with van der Waals surface area (Å²) < 4.78 is 7.26. The summed E-state index contributed by atoms with van der Waals surface area (Å²) in [4.78, 5) is 18.2. The summed E-state index contributed by atoms with van der Waals surface area (Å²) in [5, 5.41) is 7.82. The zero-order valence-electron chi connectivity index (χ0n) is 17.6. The first kappa shape index (κ1) is 20.2. The monoisotopic (exact) mass is 428 g/mol.